The van der Waals surface area contributed by atoms with Gasteiger partial charge in [0.05, 0.1) is 30.1 Å². The maximum atomic E-state index is 13.4. The molecule has 1 aromatic carbocycles. The number of carbonyl (C=O) groups is 2. The van der Waals surface area contributed by atoms with Crippen molar-refractivity contribution in [1.29, 1.82) is 0 Å². The summed E-state index contributed by atoms with van der Waals surface area (Å²) in [4.78, 5) is 40.9. The number of aliphatic imine (C=N–C) groups is 1. The van der Waals surface area contributed by atoms with Crippen molar-refractivity contribution >= 4 is 40.3 Å². The van der Waals surface area contributed by atoms with Gasteiger partial charge < -0.3 is 19.9 Å². The van der Waals surface area contributed by atoms with Crippen LogP contribution in [0, 0.1) is 13.8 Å². The summed E-state index contributed by atoms with van der Waals surface area (Å²) < 4.78 is 1.95. The predicted octanol–water partition coefficient (Wildman–Crippen LogP) is 2.06. The molecule has 2 aliphatic heterocycles. The van der Waals surface area contributed by atoms with Gasteiger partial charge in [-0.15, -0.1) is 0 Å². The third-order valence-electron chi connectivity index (χ3n) is 6.95. The molecule has 3 N–H and O–H groups in total. The summed E-state index contributed by atoms with van der Waals surface area (Å²) in [7, 11) is 0. The van der Waals surface area contributed by atoms with Crippen LogP contribution < -0.4 is 10.6 Å². The molecule has 11 heteroatoms. The van der Waals surface area contributed by atoms with Crippen LogP contribution in [0.5, 0.6) is 0 Å². The summed E-state index contributed by atoms with van der Waals surface area (Å²) in [5.74, 6) is -0.0263. The quantitative estimate of drug-likeness (QED) is 0.494. The molecule has 0 saturated carbocycles. The molecule has 1 spiro atoms. The van der Waals surface area contributed by atoms with E-state index >= 15 is 0 Å². The van der Waals surface area contributed by atoms with Crippen molar-refractivity contribution < 1.29 is 14.7 Å². The molecule has 2 amide bonds. The fourth-order valence-corrected chi connectivity index (χ4v) is 5.05. The highest BCUT2D eigenvalue weighted by molar-refractivity contribution is 6.30. The first kappa shape index (κ1) is 24.2. The molecule has 1 saturated heterocycles. The average Bonchev–Trinajstić information content (AvgIpc) is 3.45. The van der Waals surface area contributed by atoms with Gasteiger partial charge in [-0.1, -0.05) is 17.7 Å². The molecule has 0 atom stereocenters. The monoisotopic (exact) mass is 509 g/mol. The number of aliphatic hydroxyl groups is 1. The molecule has 4 heterocycles. The third-order valence-corrected chi connectivity index (χ3v) is 7.31. The number of benzene rings is 1. The number of aliphatic hydroxyl groups excluding tert-OH is 1. The number of amides is 2. The second-order valence-electron chi connectivity index (χ2n) is 9.32. The molecule has 36 heavy (non-hydrogen) atoms. The minimum atomic E-state index is -0.418. The highest BCUT2D eigenvalue weighted by Gasteiger charge is 2.40. The zero-order valence-electron chi connectivity index (χ0n) is 20.2. The fourth-order valence-electron chi connectivity index (χ4n) is 4.93. The van der Waals surface area contributed by atoms with E-state index in [0.717, 1.165) is 10.9 Å². The van der Waals surface area contributed by atoms with E-state index in [9.17, 15) is 14.7 Å². The van der Waals surface area contributed by atoms with Gasteiger partial charge in [-0.2, -0.15) is 0 Å². The fraction of sp³-hybridized carbons (Fsp3) is 0.400. The SMILES string of the molecule is Cc1nc(C)c(C(=O)NC2=NCC3(CCN(C(=O)c4cccc5c4ccn5CCO)CC3)N2)nc1Cl. The molecular weight excluding hydrogens is 482 g/mol. The third kappa shape index (κ3) is 4.42. The smallest absolute Gasteiger partial charge is 0.278 e. The highest BCUT2D eigenvalue weighted by atomic mass is 35.5. The van der Waals surface area contributed by atoms with Gasteiger partial charge in [0.2, 0.25) is 0 Å². The van der Waals surface area contributed by atoms with Crippen molar-refractivity contribution in [2.24, 2.45) is 4.99 Å². The number of hydrogen-bond donors (Lipinski definition) is 3. The van der Waals surface area contributed by atoms with E-state index in [-0.39, 0.29) is 28.9 Å². The number of rotatable bonds is 4. The molecule has 3 aromatic rings. The molecular formula is C25H28ClN7O3. The summed E-state index contributed by atoms with van der Waals surface area (Å²) in [6.07, 6.45) is 3.31. The van der Waals surface area contributed by atoms with E-state index < -0.39 is 5.91 Å². The molecule has 188 valence electrons. The molecule has 10 nitrogen and oxygen atoms in total. The Morgan fingerprint density at radius 3 is 2.69 bits per heavy atom. The van der Waals surface area contributed by atoms with Crippen molar-refractivity contribution in [3.63, 3.8) is 0 Å². The van der Waals surface area contributed by atoms with Crippen LogP contribution in [0.25, 0.3) is 10.9 Å². The number of hydrogen-bond acceptors (Lipinski definition) is 7. The Balaban J connectivity index is 1.22. The van der Waals surface area contributed by atoms with E-state index in [1.165, 1.54) is 0 Å². The summed E-state index contributed by atoms with van der Waals surface area (Å²) >= 11 is 6.05. The minimum Gasteiger partial charge on any atom is -0.395 e. The predicted molar refractivity (Wildman–Crippen MR) is 136 cm³/mol. The minimum absolute atomic E-state index is 0.00469. The number of likely N-dealkylation sites (tertiary alicyclic amines) is 1. The van der Waals surface area contributed by atoms with Crippen LogP contribution in [0.2, 0.25) is 5.15 Å². The van der Waals surface area contributed by atoms with E-state index in [1.807, 2.05) is 39.9 Å². The second-order valence-corrected chi connectivity index (χ2v) is 9.68. The standard InChI is InChI=1S/C25H28ClN7O3/c1-15-20(29-21(26)16(2)28-15)22(35)30-24-27-14-25(31-24)7-10-33(11-8-25)23(36)18-4-3-5-19-17(18)6-9-32(19)12-13-34/h3-6,9,34H,7-8,10-14H2,1-2H3,(H2,27,30,31,35). The summed E-state index contributed by atoms with van der Waals surface area (Å²) in [5.41, 5.74) is 2.53. The van der Waals surface area contributed by atoms with Gasteiger partial charge in [-0.25, -0.2) is 4.98 Å². The van der Waals surface area contributed by atoms with Crippen LogP contribution in [-0.4, -0.2) is 74.1 Å². The molecule has 0 radical (unpaired) electrons. The van der Waals surface area contributed by atoms with E-state index in [2.05, 4.69) is 25.6 Å². The first-order valence-electron chi connectivity index (χ1n) is 11.9. The van der Waals surface area contributed by atoms with Crippen LogP contribution in [0.15, 0.2) is 35.5 Å². The number of fused-ring (bicyclic) bond motifs is 1. The Morgan fingerprint density at radius 2 is 1.94 bits per heavy atom. The van der Waals surface area contributed by atoms with Gasteiger partial charge in [-0.3, -0.25) is 24.9 Å². The Bertz CT molecular complexity index is 1380. The number of aromatic nitrogens is 3. The van der Waals surface area contributed by atoms with Crippen LogP contribution in [-0.2, 0) is 6.54 Å². The van der Waals surface area contributed by atoms with Gasteiger partial charge in [0.1, 0.15) is 0 Å². The van der Waals surface area contributed by atoms with Gasteiger partial charge in [0.15, 0.2) is 16.8 Å². The van der Waals surface area contributed by atoms with Gasteiger partial charge in [-0.05, 0) is 44.9 Å². The van der Waals surface area contributed by atoms with Crippen LogP contribution in [0.4, 0.5) is 0 Å². The van der Waals surface area contributed by atoms with Crippen molar-refractivity contribution in [1.82, 2.24) is 30.1 Å². The van der Waals surface area contributed by atoms with Crippen molar-refractivity contribution in [3.05, 3.63) is 58.3 Å². The van der Waals surface area contributed by atoms with E-state index in [4.69, 9.17) is 11.6 Å². The summed E-state index contributed by atoms with van der Waals surface area (Å²) in [6.45, 7) is 5.65. The lowest BCUT2D eigenvalue weighted by Gasteiger charge is -2.39. The molecule has 5 rings (SSSR count). The number of nitrogens with zero attached hydrogens (tertiary/aromatic N) is 5. The van der Waals surface area contributed by atoms with Crippen LogP contribution in [0.1, 0.15) is 45.1 Å². The lowest BCUT2D eigenvalue weighted by atomic mass is 9.88. The molecule has 2 aliphatic rings. The van der Waals surface area contributed by atoms with Gasteiger partial charge in [0.25, 0.3) is 11.8 Å². The highest BCUT2D eigenvalue weighted by Crippen LogP contribution is 2.28. The Morgan fingerprint density at radius 1 is 1.17 bits per heavy atom. The number of nitrogens with one attached hydrogen (secondary N) is 2. The Hall–Kier alpha value is -3.50. The van der Waals surface area contributed by atoms with E-state index in [0.29, 0.717) is 61.9 Å². The first-order valence-corrected chi connectivity index (χ1v) is 12.3. The Kier molecular flexibility index (Phi) is 6.40. The first-order chi connectivity index (χ1) is 17.3. The maximum absolute atomic E-state index is 13.4. The van der Waals surface area contributed by atoms with E-state index in [1.54, 1.807) is 13.8 Å². The molecule has 0 bridgehead atoms. The molecule has 0 aliphatic carbocycles. The summed E-state index contributed by atoms with van der Waals surface area (Å²) in [5, 5.41) is 16.5. The number of piperidine rings is 1. The lowest BCUT2D eigenvalue weighted by molar-refractivity contribution is 0.0670. The Labute approximate surface area is 213 Å². The van der Waals surface area contributed by atoms with Crippen molar-refractivity contribution in [2.75, 3.05) is 26.2 Å². The van der Waals surface area contributed by atoms with Crippen molar-refractivity contribution in [2.45, 2.75) is 38.8 Å². The zero-order valence-corrected chi connectivity index (χ0v) is 21.0. The average molecular weight is 510 g/mol. The largest absolute Gasteiger partial charge is 0.395 e. The number of carbonyl (C=O) groups excluding carboxylic acids is 2. The van der Waals surface area contributed by atoms with Crippen LogP contribution in [0.3, 0.4) is 0 Å². The lowest BCUT2D eigenvalue weighted by Crippen LogP contribution is -2.57. The van der Waals surface area contributed by atoms with Crippen molar-refractivity contribution in [3.8, 4) is 0 Å². The second kappa shape index (κ2) is 9.51. The molecule has 1 fully saturated rings. The number of halogens is 1. The zero-order chi connectivity index (χ0) is 25.4. The molecule has 2 aromatic heterocycles. The topological polar surface area (TPSA) is 125 Å². The normalized spacial score (nSPS) is 16.8. The van der Waals surface area contributed by atoms with Crippen LogP contribution >= 0.6 is 11.6 Å². The van der Waals surface area contributed by atoms with Gasteiger partial charge >= 0.3 is 0 Å². The number of guanidine groups is 1. The number of aryl methyl sites for hydroxylation is 2. The van der Waals surface area contributed by atoms with Gasteiger partial charge in [0, 0.05) is 42.3 Å². The summed E-state index contributed by atoms with van der Waals surface area (Å²) in [6, 6.07) is 7.62. The maximum Gasteiger partial charge on any atom is 0.278 e. The molecule has 0 unspecified atom stereocenters.